The third kappa shape index (κ3) is 3.72. The van der Waals surface area contributed by atoms with Gasteiger partial charge in [0.15, 0.2) is 0 Å². The van der Waals surface area contributed by atoms with Crippen LogP contribution in [-0.4, -0.2) is 6.54 Å². The fraction of sp³-hybridized carbons (Fsp3) is 0.200. The normalized spacial score (nSPS) is 13.0. The molecule has 1 atom stereocenters. The van der Waals surface area contributed by atoms with E-state index in [2.05, 4.69) is 5.32 Å². The number of rotatable bonds is 4. The number of anilines is 1. The summed E-state index contributed by atoms with van der Waals surface area (Å²) in [5.41, 5.74) is 5.71. The van der Waals surface area contributed by atoms with Crippen molar-refractivity contribution in [3.05, 3.63) is 65.5 Å². The van der Waals surface area contributed by atoms with Crippen molar-refractivity contribution in [2.75, 3.05) is 11.9 Å². The number of hydrogen-bond acceptors (Lipinski definition) is 2. The first-order chi connectivity index (χ1) is 9.91. The number of para-hydroxylation sites is 1. The van der Waals surface area contributed by atoms with E-state index in [1.807, 2.05) is 0 Å². The topological polar surface area (TPSA) is 38.0 Å². The molecule has 2 rings (SSSR count). The van der Waals surface area contributed by atoms with E-state index in [1.54, 1.807) is 18.2 Å². The Morgan fingerprint density at radius 1 is 1.00 bits per heavy atom. The molecule has 112 valence electrons. The average Bonchev–Trinajstić information content (AvgIpc) is 2.46. The summed E-state index contributed by atoms with van der Waals surface area (Å²) in [6.07, 6.45) is -4.38. The molecule has 0 saturated heterocycles. The van der Waals surface area contributed by atoms with Crippen LogP contribution in [-0.2, 0) is 6.18 Å². The second kappa shape index (κ2) is 6.13. The summed E-state index contributed by atoms with van der Waals surface area (Å²) in [4.78, 5) is 0. The Labute approximate surface area is 119 Å². The predicted octanol–water partition coefficient (Wildman–Crippen LogP) is 3.96. The number of benzene rings is 2. The smallest absolute Gasteiger partial charge is 0.375 e. The first kappa shape index (κ1) is 15.3. The number of nitrogens with one attached hydrogen (secondary N) is 1. The van der Waals surface area contributed by atoms with Crippen molar-refractivity contribution in [2.45, 2.75) is 12.2 Å². The van der Waals surface area contributed by atoms with Crippen LogP contribution in [0.25, 0.3) is 0 Å². The van der Waals surface area contributed by atoms with Crippen molar-refractivity contribution in [1.29, 1.82) is 0 Å². The summed E-state index contributed by atoms with van der Waals surface area (Å²) < 4.78 is 51.1. The second-order valence-corrected chi connectivity index (χ2v) is 4.53. The molecule has 0 aliphatic heterocycles. The van der Waals surface area contributed by atoms with Crippen LogP contribution in [0.15, 0.2) is 48.5 Å². The molecule has 21 heavy (non-hydrogen) atoms. The van der Waals surface area contributed by atoms with Gasteiger partial charge in [-0.05, 0) is 29.8 Å². The fourth-order valence-electron chi connectivity index (χ4n) is 1.95. The van der Waals surface area contributed by atoms with E-state index in [-0.39, 0.29) is 12.2 Å². The second-order valence-electron chi connectivity index (χ2n) is 4.53. The summed E-state index contributed by atoms with van der Waals surface area (Å²) in [6.45, 7) is 0.125. The van der Waals surface area contributed by atoms with Crippen LogP contribution in [0, 0.1) is 5.82 Å². The molecule has 1 unspecified atom stereocenters. The molecule has 3 N–H and O–H groups in total. The minimum absolute atomic E-state index is 0.125. The van der Waals surface area contributed by atoms with Gasteiger partial charge in [-0.25, -0.2) is 4.39 Å². The molecule has 0 fully saturated rings. The number of halogens is 4. The molecule has 0 heterocycles. The standard InChI is InChI=1S/C15H14F4N2/c16-12-3-1-2-4-13(12)21-14(9-20)10-5-7-11(8-6-10)15(17,18)19/h1-8,14,21H,9,20H2. The highest BCUT2D eigenvalue weighted by Crippen LogP contribution is 2.30. The van der Waals surface area contributed by atoms with Gasteiger partial charge >= 0.3 is 6.18 Å². The average molecular weight is 298 g/mol. The molecule has 0 aliphatic rings. The minimum Gasteiger partial charge on any atom is -0.375 e. The molecule has 0 aromatic heterocycles. The number of nitrogens with two attached hydrogens (primary N) is 1. The minimum atomic E-state index is -4.38. The van der Waals surface area contributed by atoms with Gasteiger partial charge in [0.1, 0.15) is 5.82 Å². The maximum absolute atomic E-state index is 13.6. The lowest BCUT2D eigenvalue weighted by Crippen LogP contribution is -2.21. The highest BCUT2D eigenvalue weighted by molar-refractivity contribution is 5.47. The van der Waals surface area contributed by atoms with Crippen molar-refractivity contribution >= 4 is 5.69 Å². The molecule has 0 amide bonds. The summed E-state index contributed by atoms with van der Waals surface area (Å²) in [7, 11) is 0. The van der Waals surface area contributed by atoms with Crippen molar-refractivity contribution in [1.82, 2.24) is 0 Å². The van der Waals surface area contributed by atoms with Gasteiger partial charge in [-0.1, -0.05) is 24.3 Å². The summed E-state index contributed by atoms with van der Waals surface area (Å²) >= 11 is 0. The van der Waals surface area contributed by atoms with Gasteiger partial charge in [0.05, 0.1) is 17.3 Å². The number of alkyl halides is 3. The molecule has 0 saturated carbocycles. The monoisotopic (exact) mass is 298 g/mol. The van der Waals surface area contributed by atoms with Crippen LogP contribution in [0.5, 0.6) is 0 Å². The fourth-order valence-corrected chi connectivity index (χ4v) is 1.95. The Morgan fingerprint density at radius 3 is 2.14 bits per heavy atom. The zero-order valence-corrected chi connectivity index (χ0v) is 11.0. The van der Waals surface area contributed by atoms with E-state index >= 15 is 0 Å². The molecular weight excluding hydrogens is 284 g/mol. The third-order valence-electron chi connectivity index (χ3n) is 3.08. The quantitative estimate of drug-likeness (QED) is 0.839. The molecular formula is C15H14F4N2. The maximum Gasteiger partial charge on any atom is 0.416 e. The SMILES string of the molecule is NCC(Nc1ccccc1F)c1ccc(C(F)(F)F)cc1. The van der Waals surface area contributed by atoms with Gasteiger partial charge in [0.2, 0.25) is 0 Å². The van der Waals surface area contributed by atoms with Crippen LogP contribution < -0.4 is 11.1 Å². The van der Waals surface area contributed by atoms with Crippen molar-refractivity contribution in [2.24, 2.45) is 5.73 Å². The van der Waals surface area contributed by atoms with Crippen LogP contribution in [0.4, 0.5) is 23.2 Å². The lowest BCUT2D eigenvalue weighted by atomic mass is 10.0. The lowest BCUT2D eigenvalue weighted by Gasteiger charge is -2.19. The Hall–Kier alpha value is -2.08. The van der Waals surface area contributed by atoms with Gasteiger partial charge < -0.3 is 11.1 Å². The third-order valence-corrected chi connectivity index (χ3v) is 3.08. The van der Waals surface area contributed by atoms with Gasteiger partial charge in [0.25, 0.3) is 0 Å². The Morgan fingerprint density at radius 2 is 1.62 bits per heavy atom. The van der Waals surface area contributed by atoms with Crippen LogP contribution in [0.2, 0.25) is 0 Å². The molecule has 0 bridgehead atoms. The first-order valence-electron chi connectivity index (χ1n) is 6.30. The molecule has 6 heteroatoms. The Balaban J connectivity index is 2.20. The van der Waals surface area contributed by atoms with Crippen LogP contribution in [0.3, 0.4) is 0 Å². The zero-order chi connectivity index (χ0) is 15.5. The molecule has 0 spiro atoms. The van der Waals surface area contributed by atoms with Gasteiger partial charge in [-0.2, -0.15) is 13.2 Å². The highest BCUT2D eigenvalue weighted by atomic mass is 19.4. The van der Waals surface area contributed by atoms with E-state index in [0.717, 1.165) is 12.1 Å². The lowest BCUT2D eigenvalue weighted by molar-refractivity contribution is -0.137. The highest BCUT2D eigenvalue weighted by Gasteiger charge is 2.30. The molecule has 2 aromatic rings. The van der Waals surface area contributed by atoms with E-state index < -0.39 is 23.6 Å². The van der Waals surface area contributed by atoms with Gasteiger partial charge in [0, 0.05) is 6.54 Å². The van der Waals surface area contributed by atoms with E-state index in [4.69, 9.17) is 5.73 Å². The van der Waals surface area contributed by atoms with Crippen LogP contribution in [0.1, 0.15) is 17.2 Å². The molecule has 0 aliphatic carbocycles. The summed E-state index contributed by atoms with van der Waals surface area (Å²) in [5, 5.41) is 2.89. The van der Waals surface area contributed by atoms with Crippen molar-refractivity contribution < 1.29 is 17.6 Å². The van der Waals surface area contributed by atoms with E-state index in [1.165, 1.54) is 18.2 Å². The molecule has 0 radical (unpaired) electrons. The predicted molar refractivity (Wildman–Crippen MR) is 73.3 cm³/mol. The van der Waals surface area contributed by atoms with Crippen LogP contribution >= 0.6 is 0 Å². The molecule has 2 nitrogen and oxygen atoms in total. The van der Waals surface area contributed by atoms with E-state index in [9.17, 15) is 17.6 Å². The van der Waals surface area contributed by atoms with Crippen molar-refractivity contribution in [3.8, 4) is 0 Å². The van der Waals surface area contributed by atoms with Gasteiger partial charge in [-0.15, -0.1) is 0 Å². The largest absolute Gasteiger partial charge is 0.416 e. The van der Waals surface area contributed by atoms with Crippen molar-refractivity contribution in [3.63, 3.8) is 0 Å². The van der Waals surface area contributed by atoms with Gasteiger partial charge in [-0.3, -0.25) is 0 Å². The zero-order valence-electron chi connectivity index (χ0n) is 11.0. The first-order valence-corrected chi connectivity index (χ1v) is 6.30. The summed E-state index contributed by atoms with van der Waals surface area (Å²) in [5.74, 6) is -0.442. The maximum atomic E-state index is 13.6. The summed E-state index contributed by atoms with van der Waals surface area (Å²) in [6, 6.07) is 10.2. The Kier molecular flexibility index (Phi) is 4.47. The Bertz CT molecular complexity index is 593. The van der Waals surface area contributed by atoms with E-state index in [0.29, 0.717) is 5.56 Å². The molecule has 2 aromatic carbocycles. The number of hydrogen-bond donors (Lipinski definition) is 2.